The minimum Gasteiger partial charge on any atom is -0.497 e. The lowest BCUT2D eigenvalue weighted by Gasteiger charge is -2.30. The van der Waals surface area contributed by atoms with E-state index in [-0.39, 0.29) is 17.5 Å². The van der Waals surface area contributed by atoms with Gasteiger partial charge in [-0.2, -0.15) is 0 Å². The zero-order chi connectivity index (χ0) is 17.8. The third-order valence-corrected chi connectivity index (χ3v) is 6.00. The average molecular weight is 355 g/mol. The first kappa shape index (κ1) is 18.7. The van der Waals surface area contributed by atoms with Gasteiger partial charge in [-0.25, -0.2) is 13.1 Å². The van der Waals surface area contributed by atoms with Crippen molar-refractivity contribution in [2.45, 2.75) is 50.5 Å². The summed E-state index contributed by atoms with van der Waals surface area (Å²) in [7, 11) is -2.22. The average Bonchev–Trinajstić information content (AvgIpc) is 2.85. The van der Waals surface area contributed by atoms with E-state index in [1.165, 1.54) is 19.2 Å². The second-order valence-electron chi connectivity index (χ2n) is 6.10. The van der Waals surface area contributed by atoms with Crippen molar-refractivity contribution in [3.05, 3.63) is 24.3 Å². The Kier molecular flexibility index (Phi) is 5.87. The van der Waals surface area contributed by atoms with E-state index in [1.54, 1.807) is 12.1 Å². The summed E-state index contributed by atoms with van der Waals surface area (Å²) >= 11 is 0. The van der Waals surface area contributed by atoms with Gasteiger partial charge in [-0.15, -0.1) is 0 Å². The van der Waals surface area contributed by atoms with Crippen LogP contribution in [0.1, 0.15) is 39.5 Å². The molecule has 0 saturated carbocycles. The smallest absolute Gasteiger partial charge is 0.313 e. The quantitative estimate of drug-likeness (QED) is 0.725. The summed E-state index contributed by atoms with van der Waals surface area (Å²) in [5, 5.41) is 0. The molecule has 1 heterocycles. The number of nitrogens with one attached hydrogen (secondary N) is 1. The first-order chi connectivity index (χ1) is 11.4. The van der Waals surface area contributed by atoms with E-state index in [2.05, 4.69) is 4.72 Å². The fraction of sp³-hybridized carbons (Fsp3) is 0.588. The highest BCUT2D eigenvalue weighted by Gasteiger charge is 2.52. The molecule has 0 amide bonds. The molecule has 1 atom stereocenters. The van der Waals surface area contributed by atoms with Gasteiger partial charge in [0.2, 0.25) is 10.0 Å². The van der Waals surface area contributed by atoms with Crippen molar-refractivity contribution in [2.75, 3.05) is 13.7 Å². The molecule has 6 nitrogen and oxygen atoms in total. The van der Waals surface area contributed by atoms with Crippen LogP contribution in [-0.2, 0) is 19.6 Å². The van der Waals surface area contributed by atoms with Crippen molar-refractivity contribution in [2.24, 2.45) is 5.41 Å². The largest absolute Gasteiger partial charge is 0.497 e. The Labute approximate surface area is 143 Å². The summed E-state index contributed by atoms with van der Waals surface area (Å²) in [4.78, 5) is 12.5. The van der Waals surface area contributed by atoms with Crippen molar-refractivity contribution < 1.29 is 22.7 Å². The fourth-order valence-electron chi connectivity index (χ4n) is 3.33. The number of benzene rings is 1. The van der Waals surface area contributed by atoms with Crippen LogP contribution in [0.3, 0.4) is 0 Å². The van der Waals surface area contributed by atoms with Gasteiger partial charge in [0.15, 0.2) is 0 Å². The Morgan fingerprint density at radius 1 is 1.21 bits per heavy atom. The Morgan fingerprint density at radius 3 is 2.29 bits per heavy atom. The molecule has 0 aromatic heterocycles. The maximum absolute atomic E-state index is 12.7. The van der Waals surface area contributed by atoms with Gasteiger partial charge >= 0.3 is 5.97 Å². The molecular formula is C17H25NO5S. The Bertz CT molecular complexity index is 663. The molecular weight excluding hydrogens is 330 g/mol. The van der Waals surface area contributed by atoms with Crippen LogP contribution in [0.15, 0.2) is 29.2 Å². The summed E-state index contributed by atoms with van der Waals surface area (Å²) in [6, 6.07) is 5.61. The van der Waals surface area contributed by atoms with Crippen LogP contribution < -0.4 is 9.46 Å². The third-order valence-electron chi connectivity index (χ3n) is 4.51. The normalized spacial score (nSPS) is 20.0. The lowest BCUT2D eigenvalue weighted by atomic mass is 9.75. The number of sulfonamides is 1. The molecule has 134 valence electrons. The zero-order valence-corrected chi connectivity index (χ0v) is 15.2. The number of cyclic esters (lactones) is 1. The minimum atomic E-state index is -3.74. The van der Waals surface area contributed by atoms with E-state index in [4.69, 9.17) is 9.47 Å². The van der Waals surface area contributed by atoms with E-state index in [0.29, 0.717) is 18.6 Å². The Morgan fingerprint density at radius 2 is 1.79 bits per heavy atom. The Hall–Kier alpha value is -1.60. The van der Waals surface area contributed by atoms with Gasteiger partial charge in [0, 0.05) is 0 Å². The van der Waals surface area contributed by atoms with Crippen LogP contribution in [0.2, 0.25) is 0 Å². The predicted octanol–water partition coefficient (Wildman–Crippen LogP) is 2.49. The van der Waals surface area contributed by atoms with Crippen LogP contribution in [0.4, 0.5) is 0 Å². The maximum Gasteiger partial charge on any atom is 0.313 e. The molecule has 0 bridgehead atoms. The standard InChI is InChI=1S/C17H25NO5S/c1-4-10-17(11-5-2)15(12-23-16(17)19)18-24(20,21)14-8-6-13(22-3)7-9-14/h6-9,15,18H,4-5,10-12H2,1-3H3/t15-/m1/s1. The van der Waals surface area contributed by atoms with Gasteiger partial charge in [0.25, 0.3) is 0 Å². The Balaban J connectivity index is 2.27. The number of ether oxygens (including phenoxy) is 2. The summed E-state index contributed by atoms with van der Waals surface area (Å²) in [6.07, 6.45) is 2.79. The van der Waals surface area contributed by atoms with Crippen LogP contribution in [0.25, 0.3) is 0 Å². The van der Waals surface area contributed by atoms with Gasteiger partial charge < -0.3 is 9.47 Å². The molecule has 1 aromatic rings. The topological polar surface area (TPSA) is 81.7 Å². The molecule has 1 aliphatic rings. The van der Waals surface area contributed by atoms with E-state index in [1.807, 2.05) is 13.8 Å². The molecule has 7 heteroatoms. The van der Waals surface area contributed by atoms with E-state index >= 15 is 0 Å². The van der Waals surface area contributed by atoms with E-state index in [9.17, 15) is 13.2 Å². The molecule has 1 aliphatic heterocycles. The van der Waals surface area contributed by atoms with Gasteiger partial charge in [-0.05, 0) is 37.1 Å². The number of hydrogen-bond donors (Lipinski definition) is 1. The highest BCUT2D eigenvalue weighted by atomic mass is 32.2. The molecule has 0 spiro atoms. The van der Waals surface area contributed by atoms with Gasteiger partial charge in [0.1, 0.15) is 12.4 Å². The lowest BCUT2D eigenvalue weighted by molar-refractivity contribution is -0.147. The molecule has 1 aromatic carbocycles. The monoisotopic (exact) mass is 355 g/mol. The first-order valence-corrected chi connectivity index (χ1v) is 9.71. The first-order valence-electron chi connectivity index (χ1n) is 8.23. The molecule has 2 rings (SSSR count). The second kappa shape index (κ2) is 7.53. The van der Waals surface area contributed by atoms with Crippen molar-refractivity contribution >= 4 is 16.0 Å². The second-order valence-corrected chi connectivity index (χ2v) is 7.82. The van der Waals surface area contributed by atoms with E-state index in [0.717, 1.165) is 12.8 Å². The van der Waals surface area contributed by atoms with Crippen LogP contribution in [-0.4, -0.2) is 34.1 Å². The van der Waals surface area contributed by atoms with E-state index < -0.39 is 21.5 Å². The molecule has 24 heavy (non-hydrogen) atoms. The van der Waals surface area contributed by atoms with Crippen LogP contribution >= 0.6 is 0 Å². The highest BCUT2D eigenvalue weighted by Crippen LogP contribution is 2.40. The maximum atomic E-state index is 12.7. The third kappa shape index (κ3) is 3.57. The van der Waals surface area contributed by atoms with Gasteiger partial charge in [0.05, 0.1) is 23.5 Å². The molecule has 1 fully saturated rings. The highest BCUT2D eigenvalue weighted by molar-refractivity contribution is 7.89. The zero-order valence-electron chi connectivity index (χ0n) is 14.4. The summed E-state index contributed by atoms with van der Waals surface area (Å²) in [5.41, 5.74) is -0.775. The van der Waals surface area contributed by atoms with Crippen molar-refractivity contribution in [3.63, 3.8) is 0 Å². The van der Waals surface area contributed by atoms with Crippen molar-refractivity contribution in [3.8, 4) is 5.75 Å². The molecule has 1 N–H and O–H groups in total. The molecule has 1 saturated heterocycles. The fourth-order valence-corrected chi connectivity index (χ4v) is 4.63. The summed E-state index contributed by atoms with van der Waals surface area (Å²) in [5.74, 6) is 0.285. The minimum absolute atomic E-state index is 0.0776. The van der Waals surface area contributed by atoms with Crippen LogP contribution in [0, 0.1) is 5.41 Å². The lowest BCUT2D eigenvalue weighted by Crippen LogP contribution is -2.48. The summed E-state index contributed by atoms with van der Waals surface area (Å²) < 4.78 is 38.3. The number of carbonyl (C=O) groups excluding carboxylic acids is 1. The summed E-state index contributed by atoms with van der Waals surface area (Å²) in [6.45, 7) is 4.05. The van der Waals surface area contributed by atoms with Crippen LogP contribution in [0.5, 0.6) is 5.75 Å². The molecule has 0 radical (unpaired) electrons. The van der Waals surface area contributed by atoms with Gasteiger partial charge in [-0.1, -0.05) is 26.7 Å². The van der Waals surface area contributed by atoms with Gasteiger partial charge in [-0.3, -0.25) is 4.79 Å². The molecule has 0 unspecified atom stereocenters. The number of esters is 1. The predicted molar refractivity (Wildman–Crippen MR) is 90.3 cm³/mol. The number of methoxy groups -OCH3 is 1. The molecule has 0 aliphatic carbocycles. The number of rotatable bonds is 8. The van der Waals surface area contributed by atoms with Crippen molar-refractivity contribution in [1.82, 2.24) is 4.72 Å². The number of carbonyl (C=O) groups is 1. The van der Waals surface area contributed by atoms with Crippen molar-refractivity contribution in [1.29, 1.82) is 0 Å². The SMILES string of the molecule is CCCC1(CCC)C(=O)OC[C@H]1NS(=O)(=O)c1ccc(OC)cc1. The number of hydrogen-bond acceptors (Lipinski definition) is 5.